The first kappa shape index (κ1) is 13.6. The van der Waals surface area contributed by atoms with Gasteiger partial charge in [0.05, 0.1) is 5.92 Å². The average Bonchev–Trinajstić information content (AvgIpc) is 2.66. The summed E-state index contributed by atoms with van der Waals surface area (Å²) in [6.07, 6.45) is 0. The van der Waals surface area contributed by atoms with Crippen LogP contribution in [0.1, 0.15) is 18.1 Å². The van der Waals surface area contributed by atoms with Crippen LogP contribution >= 0.6 is 15.9 Å². The van der Waals surface area contributed by atoms with Crippen LogP contribution in [0, 0.1) is 18.8 Å². The van der Waals surface area contributed by atoms with Gasteiger partial charge in [0.25, 0.3) is 0 Å². The van der Waals surface area contributed by atoms with Gasteiger partial charge in [-0.05, 0) is 30.0 Å². The summed E-state index contributed by atoms with van der Waals surface area (Å²) in [6, 6.07) is 6.17. The fourth-order valence-corrected chi connectivity index (χ4v) is 2.99. The van der Waals surface area contributed by atoms with Crippen LogP contribution in [0.5, 0.6) is 0 Å². The molecule has 2 rings (SSSR count). The van der Waals surface area contributed by atoms with Crippen molar-refractivity contribution in [1.82, 2.24) is 4.90 Å². The Morgan fingerprint density at radius 3 is 2.83 bits per heavy atom. The average molecular weight is 312 g/mol. The van der Waals surface area contributed by atoms with Crippen molar-refractivity contribution in [3.05, 3.63) is 33.8 Å². The second kappa shape index (κ2) is 5.41. The van der Waals surface area contributed by atoms with Crippen molar-refractivity contribution in [1.29, 1.82) is 0 Å². The normalized spacial score (nSPS) is 24.4. The SMILES string of the molecule is Cc1c(Br)cccc1CN1C[C@@H](C)[C@H](C(=O)O)C1. The summed E-state index contributed by atoms with van der Waals surface area (Å²) in [6.45, 7) is 6.46. The molecule has 1 heterocycles. The van der Waals surface area contributed by atoms with Crippen molar-refractivity contribution in [3.8, 4) is 0 Å². The van der Waals surface area contributed by atoms with Crippen LogP contribution < -0.4 is 0 Å². The molecule has 0 aromatic heterocycles. The zero-order valence-electron chi connectivity index (χ0n) is 10.7. The molecule has 0 aliphatic carbocycles. The number of halogens is 1. The van der Waals surface area contributed by atoms with Crippen molar-refractivity contribution in [2.24, 2.45) is 11.8 Å². The highest BCUT2D eigenvalue weighted by Gasteiger charge is 2.34. The van der Waals surface area contributed by atoms with Crippen molar-refractivity contribution in [2.75, 3.05) is 13.1 Å². The third kappa shape index (κ3) is 2.75. The molecule has 1 saturated heterocycles. The lowest BCUT2D eigenvalue weighted by Gasteiger charge is -2.17. The van der Waals surface area contributed by atoms with E-state index in [0.717, 1.165) is 17.6 Å². The maximum atomic E-state index is 11.1. The summed E-state index contributed by atoms with van der Waals surface area (Å²) in [5, 5.41) is 9.13. The van der Waals surface area contributed by atoms with Gasteiger partial charge >= 0.3 is 5.97 Å². The third-order valence-corrected chi connectivity index (χ3v) is 4.64. The van der Waals surface area contributed by atoms with E-state index in [1.54, 1.807) is 0 Å². The van der Waals surface area contributed by atoms with Gasteiger partial charge in [-0.1, -0.05) is 35.0 Å². The van der Waals surface area contributed by atoms with Gasteiger partial charge in [-0.2, -0.15) is 0 Å². The maximum absolute atomic E-state index is 11.1. The van der Waals surface area contributed by atoms with Crippen molar-refractivity contribution in [3.63, 3.8) is 0 Å². The topological polar surface area (TPSA) is 40.5 Å². The smallest absolute Gasteiger partial charge is 0.308 e. The number of carbonyl (C=O) groups is 1. The van der Waals surface area contributed by atoms with Crippen molar-refractivity contribution in [2.45, 2.75) is 20.4 Å². The predicted octanol–water partition coefficient (Wildman–Crippen LogP) is 2.91. The molecule has 1 fully saturated rings. The number of hydrogen-bond acceptors (Lipinski definition) is 2. The van der Waals surface area contributed by atoms with Gasteiger partial charge in [0.15, 0.2) is 0 Å². The standard InChI is InChI=1S/C14H18BrNO2/c1-9-6-16(8-12(9)14(17)18)7-11-4-3-5-13(15)10(11)2/h3-5,9,12H,6-8H2,1-2H3,(H,17,18)/t9-,12-/m1/s1. The molecule has 1 N–H and O–H groups in total. The number of rotatable bonds is 3. The molecule has 98 valence electrons. The molecular weight excluding hydrogens is 294 g/mol. The second-order valence-electron chi connectivity index (χ2n) is 5.14. The Labute approximate surface area is 116 Å². The molecule has 0 bridgehead atoms. The monoisotopic (exact) mass is 311 g/mol. The minimum Gasteiger partial charge on any atom is -0.481 e. The van der Waals surface area contributed by atoms with Gasteiger partial charge in [0.2, 0.25) is 0 Å². The highest BCUT2D eigenvalue weighted by Crippen LogP contribution is 2.27. The first-order valence-electron chi connectivity index (χ1n) is 6.18. The first-order valence-corrected chi connectivity index (χ1v) is 6.97. The number of likely N-dealkylation sites (tertiary alicyclic amines) is 1. The van der Waals surface area contributed by atoms with E-state index >= 15 is 0 Å². The molecule has 1 aliphatic rings. The van der Waals surface area contributed by atoms with Gasteiger partial charge in [-0.25, -0.2) is 0 Å². The molecule has 0 unspecified atom stereocenters. The van der Waals surface area contributed by atoms with Crippen LogP contribution in [-0.4, -0.2) is 29.1 Å². The van der Waals surface area contributed by atoms with Crippen LogP contribution in [0.15, 0.2) is 22.7 Å². The fourth-order valence-electron chi connectivity index (χ4n) is 2.58. The van der Waals surface area contributed by atoms with Gasteiger partial charge in [-0.15, -0.1) is 0 Å². The summed E-state index contributed by atoms with van der Waals surface area (Å²) >= 11 is 3.53. The molecule has 1 aromatic rings. The lowest BCUT2D eigenvalue weighted by Crippen LogP contribution is -2.23. The van der Waals surface area contributed by atoms with Crippen molar-refractivity contribution >= 4 is 21.9 Å². The summed E-state index contributed by atoms with van der Waals surface area (Å²) in [5.41, 5.74) is 2.51. The number of carboxylic acids is 1. The number of nitrogens with zero attached hydrogens (tertiary/aromatic N) is 1. The Hall–Kier alpha value is -0.870. The molecule has 0 radical (unpaired) electrons. The Kier molecular flexibility index (Phi) is 4.07. The summed E-state index contributed by atoms with van der Waals surface area (Å²) < 4.78 is 1.11. The molecule has 0 spiro atoms. The van der Waals surface area contributed by atoms with Crippen LogP contribution in [-0.2, 0) is 11.3 Å². The lowest BCUT2D eigenvalue weighted by atomic mass is 9.99. The fraction of sp³-hybridized carbons (Fsp3) is 0.500. The van der Waals surface area contributed by atoms with E-state index < -0.39 is 5.97 Å². The third-order valence-electron chi connectivity index (χ3n) is 3.78. The van der Waals surface area contributed by atoms with Crippen molar-refractivity contribution < 1.29 is 9.90 Å². The molecule has 18 heavy (non-hydrogen) atoms. The lowest BCUT2D eigenvalue weighted by molar-refractivity contribution is -0.142. The molecule has 0 saturated carbocycles. The minimum absolute atomic E-state index is 0.225. The number of aliphatic carboxylic acids is 1. The Bertz CT molecular complexity index is 461. The zero-order valence-corrected chi connectivity index (χ0v) is 12.3. The number of hydrogen-bond donors (Lipinski definition) is 1. The van der Waals surface area contributed by atoms with E-state index in [1.165, 1.54) is 11.1 Å². The van der Waals surface area contributed by atoms with E-state index in [2.05, 4.69) is 33.8 Å². The Morgan fingerprint density at radius 2 is 2.22 bits per heavy atom. The van der Waals surface area contributed by atoms with E-state index in [0.29, 0.717) is 6.54 Å². The molecule has 1 aliphatic heterocycles. The Morgan fingerprint density at radius 1 is 1.50 bits per heavy atom. The minimum atomic E-state index is -0.670. The largest absolute Gasteiger partial charge is 0.481 e. The highest BCUT2D eigenvalue weighted by atomic mass is 79.9. The summed E-state index contributed by atoms with van der Waals surface area (Å²) in [5.74, 6) is -0.664. The predicted molar refractivity (Wildman–Crippen MR) is 74.4 cm³/mol. The van der Waals surface area contributed by atoms with E-state index in [-0.39, 0.29) is 11.8 Å². The quantitative estimate of drug-likeness (QED) is 0.933. The summed E-state index contributed by atoms with van der Waals surface area (Å²) in [7, 11) is 0. The van der Waals surface area contributed by atoms with E-state index in [9.17, 15) is 4.79 Å². The van der Waals surface area contributed by atoms with Crippen LogP contribution in [0.3, 0.4) is 0 Å². The number of carboxylic acid groups (broad SMARTS) is 1. The highest BCUT2D eigenvalue weighted by molar-refractivity contribution is 9.10. The van der Waals surface area contributed by atoms with Gasteiger partial charge < -0.3 is 5.11 Å². The van der Waals surface area contributed by atoms with Gasteiger partial charge in [0.1, 0.15) is 0 Å². The summed E-state index contributed by atoms with van der Waals surface area (Å²) in [4.78, 5) is 13.3. The van der Waals surface area contributed by atoms with Crippen LogP contribution in [0.25, 0.3) is 0 Å². The molecule has 3 nitrogen and oxygen atoms in total. The van der Waals surface area contributed by atoms with E-state index in [4.69, 9.17) is 5.11 Å². The molecule has 4 heteroatoms. The molecule has 2 atom stereocenters. The van der Waals surface area contributed by atoms with Crippen LogP contribution in [0.2, 0.25) is 0 Å². The zero-order chi connectivity index (χ0) is 13.3. The second-order valence-corrected chi connectivity index (χ2v) is 5.99. The van der Waals surface area contributed by atoms with Gasteiger partial charge in [-0.3, -0.25) is 9.69 Å². The number of benzene rings is 1. The molecule has 1 aromatic carbocycles. The van der Waals surface area contributed by atoms with Crippen LogP contribution in [0.4, 0.5) is 0 Å². The van der Waals surface area contributed by atoms with Gasteiger partial charge in [0, 0.05) is 24.1 Å². The first-order chi connectivity index (χ1) is 8.49. The molecule has 0 amide bonds. The maximum Gasteiger partial charge on any atom is 0.308 e. The molecular formula is C14H18BrNO2. The Balaban J connectivity index is 2.07. The van der Waals surface area contributed by atoms with E-state index in [1.807, 2.05) is 19.1 Å².